The Balaban J connectivity index is 0.000000521. The monoisotopic (exact) mass is 1010 g/mol. The fourth-order valence-electron chi connectivity index (χ4n) is 7.57. The van der Waals surface area contributed by atoms with Gasteiger partial charge in [-0.15, -0.1) is 0 Å². The van der Waals surface area contributed by atoms with Gasteiger partial charge >= 0.3 is 23.5 Å². The van der Waals surface area contributed by atoms with Crippen molar-refractivity contribution in [2.24, 2.45) is 28.6 Å². The third-order valence-electron chi connectivity index (χ3n) is 10.5. The number of carboxylic acid groups (broad SMARTS) is 1. The van der Waals surface area contributed by atoms with Crippen LogP contribution in [0.25, 0.3) is 0 Å². The number of ether oxygens (including phenoxy) is 2. The fourth-order valence-corrected chi connectivity index (χ4v) is 11.4. The number of hydrogen-bond acceptors (Lipinski definition) is 7. The summed E-state index contributed by atoms with van der Waals surface area (Å²) >= 11 is 4.27. The zero-order valence-electron chi connectivity index (χ0n) is 32.9. The van der Waals surface area contributed by atoms with Gasteiger partial charge in [-0.25, -0.2) is 4.79 Å². The van der Waals surface area contributed by atoms with Crippen molar-refractivity contribution in [2.75, 3.05) is 0 Å². The second-order valence-electron chi connectivity index (χ2n) is 17.9. The Morgan fingerprint density at radius 3 is 2.19 bits per heavy atom. The largest absolute Gasteiger partial charge is 0.481 e. The molecule has 54 heavy (non-hydrogen) atoms. The summed E-state index contributed by atoms with van der Waals surface area (Å²) in [5.41, 5.74) is 2.25. The van der Waals surface area contributed by atoms with Gasteiger partial charge in [-0.3, -0.25) is 14.4 Å². The number of esters is 2. The molecule has 0 amide bonds. The van der Waals surface area contributed by atoms with Gasteiger partial charge in [-0.2, -0.15) is 0 Å². The molecule has 1 aromatic rings. The Bertz CT molecular complexity index is 1710. The highest BCUT2D eigenvalue weighted by molar-refractivity contribution is 14.1. The predicted octanol–water partition coefficient (Wildman–Crippen LogP) is 11.3. The van der Waals surface area contributed by atoms with Crippen molar-refractivity contribution < 1.29 is 33.4 Å². The topological polar surface area (TPSA) is 120 Å². The van der Waals surface area contributed by atoms with Gasteiger partial charge in [0, 0.05) is 21.0 Å². The third-order valence-corrected chi connectivity index (χ3v) is 15.8. The predicted molar refractivity (Wildman–Crippen MR) is 243 cm³/mol. The van der Waals surface area contributed by atoms with Gasteiger partial charge in [-0.05, 0) is 109 Å². The summed E-state index contributed by atoms with van der Waals surface area (Å²) in [7, 11) is -3.22. The average Bonchev–Trinajstić information content (AvgIpc) is 2.98. The average molecular weight is 1010 g/mol. The maximum atomic E-state index is 12.7. The summed E-state index contributed by atoms with van der Waals surface area (Å²) < 4.78 is 18.6. The molecule has 0 aromatic carbocycles. The lowest BCUT2D eigenvalue weighted by Crippen LogP contribution is -2.70. The molecule has 1 saturated heterocycles. The first kappa shape index (κ1) is 50.2. The van der Waals surface area contributed by atoms with Gasteiger partial charge in [0.1, 0.15) is 23.8 Å². The maximum Gasteiger partial charge on any atom is 0.335 e. The van der Waals surface area contributed by atoms with Gasteiger partial charge in [0.05, 0.1) is 25.6 Å². The Labute approximate surface area is 354 Å². The van der Waals surface area contributed by atoms with E-state index in [9.17, 15) is 24.3 Å². The molecule has 304 valence electrons. The van der Waals surface area contributed by atoms with E-state index < -0.39 is 44.7 Å². The van der Waals surface area contributed by atoms with Gasteiger partial charge in [0.2, 0.25) is 0 Å². The number of halogens is 2. The quantitative estimate of drug-likeness (QED) is 0.101. The molecule has 2 aliphatic heterocycles. The molecule has 2 aliphatic carbocycles. The second-order valence-corrected chi connectivity index (χ2v) is 30.6. The van der Waals surface area contributed by atoms with Crippen molar-refractivity contribution in [1.29, 1.82) is 0 Å². The number of carbonyl (C=O) groups excluding carboxylic acids is 2. The van der Waals surface area contributed by atoms with Crippen molar-refractivity contribution in [3.8, 4) is 0 Å². The second kappa shape index (κ2) is 19.1. The summed E-state index contributed by atoms with van der Waals surface area (Å²) in [6.45, 7) is 25.7. The molecule has 8 nitrogen and oxygen atoms in total. The highest BCUT2D eigenvalue weighted by Gasteiger charge is 2.72. The Kier molecular flexibility index (Phi) is 17.8. The van der Waals surface area contributed by atoms with E-state index in [1.807, 2.05) is 13.0 Å². The summed E-state index contributed by atoms with van der Waals surface area (Å²) in [5, 5.41) is 10.3. The van der Waals surface area contributed by atoms with Crippen LogP contribution in [-0.2, 0) is 30.3 Å². The molecule has 5 rings (SSSR count). The highest BCUT2D eigenvalue weighted by atomic mass is 127. The fraction of sp³-hybridized carbons (Fsp3) is 0.619. The van der Waals surface area contributed by atoms with Crippen LogP contribution >= 0.6 is 45.2 Å². The van der Waals surface area contributed by atoms with E-state index in [1.165, 1.54) is 17.2 Å². The van der Waals surface area contributed by atoms with Crippen molar-refractivity contribution in [3.63, 3.8) is 0 Å². The molecule has 2 bridgehead atoms. The highest BCUT2D eigenvalue weighted by Crippen LogP contribution is 2.67. The van der Waals surface area contributed by atoms with E-state index in [1.54, 1.807) is 6.07 Å². The molecule has 1 spiro atoms. The minimum atomic E-state index is -1.74. The molecule has 1 unspecified atom stereocenters. The zero-order valence-corrected chi connectivity index (χ0v) is 39.3. The maximum absolute atomic E-state index is 12.7. The molecule has 1 N–H and O–H groups in total. The normalized spacial score (nSPS) is 26.4. The van der Waals surface area contributed by atoms with E-state index in [4.69, 9.17) is 13.9 Å². The van der Waals surface area contributed by atoms with Crippen molar-refractivity contribution in [1.82, 2.24) is 0 Å². The standard InChI is InChI=1S/2C20H29IO4Si.2CH4/c1-18(2)12-11-14(21)20(25-17(12)24)13(18)7-8-19(3,15(20)16(22)23)9-10-26(4,5)6;1-14(2)8-7-9-15(3)12-20(26(4,5)6)25-19(23)13-17-16(21)10-11-18(22)24-17;;/h9-13,15H,7-8H2,1-6H3,(H,22,23);8,10-12,20H,7,9,13H2,1-6H3;2*1H4/b10-9+;15-12+;;/t12-,13+,15+,19?,20+;20-;;/m10../s1. The summed E-state index contributed by atoms with van der Waals surface area (Å²) in [5.74, 6) is -2.16. The van der Waals surface area contributed by atoms with Crippen LogP contribution in [0, 0.1) is 32.2 Å². The number of carbonyl (C=O) groups is 3. The van der Waals surface area contributed by atoms with Crippen molar-refractivity contribution in [3.05, 3.63) is 76.6 Å². The Morgan fingerprint density at radius 1 is 1.04 bits per heavy atom. The number of aliphatic carboxylic acids is 1. The van der Waals surface area contributed by atoms with Crippen LogP contribution in [0.5, 0.6) is 0 Å². The van der Waals surface area contributed by atoms with E-state index in [0.29, 0.717) is 5.76 Å². The first-order valence-electron chi connectivity index (χ1n) is 18.1. The van der Waals surface area contributed by atoms with Crippen molar-refractivity contribution >= 4 is 79.2 Å². The smallest absolute Gasteiger partial charge is 0.335 e. The molecule has 6 atom stereocenters. The summed E-state index contributed by atoms with van der Waals surface area (Å²) in [4.78, 5) is 49.0. The van der Waals surface area contributed by atoms with Crippen LogP contribution in [0.4, 0.5) is 0 Å². The number of carboxylic acids is 1. The molecule has 3 heterocycles. The lowest BCUT2D eigenvalue weighted by Gasteiger charge is -2.64. The van der Waals surface area contributed by atoms with E-state index >= 15 is 0 Å². The van der Waals surface area contributed by atoms with E-state index in [-0.39, 0.29) is 56.2 Å². The number of fused-ring (bicyclic) bond motifs is 1. The summed E-state index contributed by atoms with van der Waals surface area (Å²) in [6, 6.07) is 3.00. The Morgan fingerprint density at radius 2 is 1.65 bits per heavy atom. The molecule has 1 saturated carbocycles. The van der Waals surface area contributed by atoms with Gasteiger partial charge in [0.25, 0.3) is 0 Å². The van der Waals surface area contributed by atoms with Gasteiger partial charge < -0.3 is 19.0 Å². The minimum Gasteiger partial charge on any atom is -0.481 e. The summed E-state index contributed by atoms with van der Waals surface area (Å²) in [6.07, 6.45) is 12.0. The van der Waals surface area contributed by atoms with Crippen molar-refractivity contribution in [2.45, 2.75) is 139 Å². The van der Waals surface area contributed by atoms with Crippen LogP contribution in [0.2, 0.25) is 39.3 Å². The lowest BCUT2D eigenvalue weighted by molar-refractivity contribution is -0.230. The van der Waals surface area contributed by atoms with Crippen LogP contribution in [0.15, 0.2) is 66.1 Å². The molecule has 1 aromatic heterocycles. The lowest BCUT2D eigenvalue weighted by atomic mass is 9.46. The number of allylic oxidation sites excluding steroid dienone is 4. The first-order valence-corrected chi connectivity index (χ1v) is 27.4. The molecular weight excluding hydrogens is 942 g/mol. The van der Waals surface area contributed by atoms with Gasteiger partial charge in [-0.1, -0.05) is 110 Å². The zero-order chi connectivity index (χ0) is 39.6. The number of hydrogen-bond donors (Lipinski definition) is 1. The van der Waals surface area contributed by atoms with Gasteiger partial charge in [0.15, 0.2) is 5.60 Å². The SMILES string of the molecule is C.C.CC(C)=CCC/C(C)=C/[C@@H](OC(=O)Cc1oc(=O)ccc1I)[Si](C)(C)C.CC1(/C=C/[Si](C)(C)C)CC[C@H]2C(C)(C)[C@@H]3C=C(I)[C@]2(OC3=O)[C@H]1C(=O)O. The molecule has 2 fully saturated rings. The third kappa shape index (κ3) is 11.9. The first-order chi connectivity index (χ1) is 23.7. The molecule has 4 aliphatic rings. The molecular formula is C42H66I2O8Si2. The molecule has 0 radical (unpaired) electrons. The van der Waals surface area contributed by atoms with Crippen LogP contribution in [0.3, 0.4) is 0 Å². The van der Waals surface area contributed by atoms with Crippen LogP contribution in [0.1, 0.15) is 87.8 Å². The van der Waals surface area contributed by atoms with Crippen LogP contribution in [-0.4, -0.2) is 50.5 Å². The van der Waals surface area contributed by atoms with E-state index in [2.05, 4.69) is 143 Å². The minimum absolute atomic E-state index is 0. The Hall–Kier alpha value is -1.79. The molecule has 12 heteroatoms. The number of rotatable bonds is 11. The van der Waals surface area contributed by atoms with Crippen LogP contribution < -0.4 is 5.63 Å². The van der Waals surface area contributed by atoms with E-state index in [0.717, 1.165) is 32.8 Å².